The second kappa shape index (κ2) is 9.44. The number of rotatable bonds is 5. The van der Waals surface area contributed by atoms with Crippen molar-refractivity contribution in [1.82, 2.24) is 9.88 Å². The van der Waals surface area contributed by atoms with E-state index in [1.54, 1.807) is 0 Å². The summed E-state index contributed by atoms with van der Waals surface area (Å²) in [7, 11) is 0. The van der Waals surface area contributed by atoms with Gasteiger partial charge >= 0.3 is 0 Å². The molecule has 0 saturated carbocycles. The molecule has 0 radical (unpaired) electrons. The highest BCUT2D eigenvalue weighted by Gasteiger charge is 2.44. The molecule has 0 amide bonds. The second-order valence-electron chi connectivity index (χ2n) is 9.52. The molecule has 6 nitrogen and oxygen atoms in total. The third kappa shape index (κ3) is 4.64. The highest BCUT2D eigenvalue weighted by Crippen LogP contribution is 2.35. The number of aliphatic hydroxyl groups is 2. The molecule has 4 aliphatic heterocycles. The Kier molecular flexibility index (Phi) is 6.40. The van der Waals surface area contributed by atoms with Crippen LogP contribution in [-0.2, 0) is 11.2 Å². The summed E-state index contributed by atoms with van der Waals surface area (Å²) in [5.74, 6) is 7.66. The topological polar surface area (TPSA) is 69.1 Å². The zero-order valence-electron chi connectivity index (χ0n) is 19.3. The predicted molar refractivity (Wildman–Crippen MR) is 128 cm³/mol. The number of piperidine rings is 3. The molecule has 174 valence electrons. The molecule has 1 aromatic heterocycles. The van der Waals surface area contributed by atoms with Gasteiger partial charge in [0, 0.05) is 38.4 Å². The lowest BCUT2D eigenvalue weighted by Gasteiger charge is -2.47. The Labute approximate surface area is 196 Å². The van der Waals surface area contributed by atoms with E-state index >= 15 is 0 Å². The van der Waals surface area contributed by atoms with Gasteiger partial charge in [-0.2, -0.15) is 0 Å². The summed E-state index contributed by atoms with van der Waals surface area (Å²) in [4.78, 5) is 9.08. The van der Waals surface area contributed by atoms with E-state index in [4.69, 9.17) is 9.72 Å². The number of aromatic nitrogens is 1. The standard InChI is InChI=1S/C27H33N3O3/c1-2-33-25-18-30(17-24(25)31)26-23(8-12-27(32)19-29-14-10-22(27)11-15-29)21(9-13-28-26)16-20-6-4-3-5-7-20/h3-7,9,13,22,24-25,31-32H,2,10-11,14-19H2,1H3/t24-,25-,27?/m1/s1. The molecule has 3 atom stereocenters. The molecule has 4 aliphatic rings. The Morgan fingerprint density at radius 1 is 1.15 bits per heavy atom. The Hall–Kier alpha value is -2.43. The summed E-state index contributed by atoms with van der Waals surface area (Å²) in [6.07, 6.45) is 3.76. The Balaban J connectivity index is 1.51. The minimum absolute atomic E-state index is 0.226. The van der Waals surface area contributed by atoms with Crippen LogP contribution in [0.1, 0.15) is 36.5 Å². The summed E-state index contributed by atoms with van der Waals surface area (Å²) in [6, 6.07) is 12.4. The van der Waals surface area contributed by atoms with Gasteiger partial charge in [-0.05, 0) is 56.5 Å². The van der Waals surface area contributed by atoms with E-state index in [1.807, 2.05) is 37.4 Å². The number of fused-ring (bicyclic) bond motifs is 3. The smallest absolute Gasteiger partial charge is 0.144 e. The number of hydrogen-bond acceptors (Lipinski definition) is 6. The molecule has 2 bridgehead atoms. The van der Waals surface area contributed by atoms with Gasteiger partial charge in [-0.15, -0.1) is 0 Å². The Bertz CT molecular complexity index is 1030. The molecule has 1 unspecified atom stereocenters. The molecule has 0 aliphatic carbocycles. The third-order valence-electron chi connectivity index (χ3n) is 7.30. The second-order valence-corrected chi connectivity index (χ2v) is 9.52. The first-order valence-electron chi connectivity index (χ1n) is 12.1. The van der Waals surface area contributed by atoms with Gasteiger partial charge in [0.15, 0.2) is 0 Å². The van der Waals surface area contributed by atoms with Gasteiger partial charge in [-0.1, -0.05) is 42.2 Å². The van der Waals surface area contributed by atoms with E-state index < -0.39 is 11.7 Å². The summed E-state index contributed by atoms with van der Waals surface area (Å²) in [5.41, 5.74) is 2.15. The number of β-amino-alcohol motifs (C(OH)–C–C–N with tert-alkyl or cyclic N) is 1. The monoisotopic (exact) mass is 447 g/mol. The number of benzene rings is 1. The highest BCUT2D eigenvalue weighted by molar-refractivity contribution is 5.61. The fraction of sp³-hybridized carbons (Fsp3) is 0.519. The molecule has 2 N–H and O–H groups in total. The zero-order valence-corrected chi connectivity index (χ0v) is 19.3. The fourth-order valence-corrected chi connectivity index (χ4v) is 5.49. The fourth-order valence-electron chi connectivity index (χ4n) is 5.49. The van der Waals surface area contributed by atoms with Crippen molar-refractivity contribution in [1.29, 1.82) is 0 Å². The summed E-state index contributed by atoms with van der Waals surface area (Å²) >= 11 is 0. The quantitative estimate of drug-likeness (QED) is 0.684. The van der Waals surface area contributed by atoms with Crippen molar-refractivity contribution in [3.05, 3.63) is 59.3 Å². The third-order valence-corrected chi connectivity index (χ3v) is 7.30. The number of pyridine rings is 1. The van der Waals surface area contributed by atoms with Crippen LogP contribution in [0.5, 0.6) is 0 Å². The van der Waals surface area contributed by atoms with Crippen LogP contribution >= 0.6 is 0 Å². The van der Waals surface area contributed by atoms with Crippen LogP contribution in [0.2, 0.25) is 0 Å². The van der Waals surface area contributed by atoms with Gasteiger partial charge in [0.1, 0.15) is 17.5 Å². The van der Waals surface area contributed by atoms with Crippen molar-refractivity contribution in [3.8, 4) is 11.8 Å². The lowest BCUT2D eigenvalue weighted by atomic mass is 9.75. The Morgan fingerprint density at radius 3 is 2.64 bits per heavy atom. The maximum absolute atomic E-state index is 11.4. The van der Waals surface area contributed by atoms with E-state index in [1.165, 1.54) is 5.56 Å². The predicted octanol–water partition coefficient (Wildman–Crippen LogP) is 2.07. The van der Waals surface area contributed by atoms with Crippen molar-refractivity contribution < 1.29 is 14.9 Å². The van der Waals surface area contributed by atoms with Crippen molar-refractivity contribution in [2.75, 3.05) is 44.2 Å². The molecule has 6 heteroatoms. The molecular formula is C27H33N3O3. The van der Waals surface area contributed by atoms with Crippen LogP contribution in [0.25, 0.3) is 0 Å². The van der Waals surface area contributed by atoms with Crippen LogP contribution in [-0.4, -0.2) is 77.2 Å². The summed E-state index contributed by atoms with van der Waals surface area (Å²) in [6.45, 7) is 6.26. The average Bonchev–Trinajstić information content (AvgIpc) is 3.20. The first kappa shape index (κ1) is 22.4. The van der Waals surface area contributed by atoms with Gasteiger partial charge < -0.3 is 19.8 Å². The summed E-state index contributed by atoms with van der Waals surface area (Å²) < 4.78 is 5.74. The maximum atomic E-state index is 11.4. The van der Waals surface area contributed by atoms with Gasteiger partial charge in [-0.3, -0.25) is 4.90 Å². The van der Waals surface area contributed by atoms with Crippen LogP contribution in [0.15, 0.2) is 42.6 Å². The lowest BCUT2D eigenvalue weighted by Crippen LogP contribution is -2.58. The number of ether oxygens (including phenoxy) is 1. The zero-order chi connectivity index (χ0) is 22.8. The molecule has 1 aromatic carbocycles. The maximum Gasteiger partial charge on any atom is 0.144 e. The largest absolute Gasteiger partial charge is 0.388 e. The van der Waals surface area contributed by atoms with Crippen molar-refractivity contribution in [2.45, 2.75) is 44.0 Å². The number of aliphatic hydroxyl groups excluding tert-OH is 1. The van der Waals surface area contributed by atoms with Crippen molar-refractivity contribution >= 4 is 5.82 Å². The van der Waals surface area contributed by atoms with Crippen molar-refractivity contribution in [2.24, 2.45) is 5.92 Å². The molecular weight excluding hydrogens is 414 g/mol. The molecule has 2 aromatic rings. The molecule has 0 spiro atoms. The van der Waals surface area contributed by atoms with Gasteiger partial charge in [0.2, 0.25) is 0 Å². The van der Waals surface area contributed by atoms with Gasteiger partial charge in [0.25, 0.3) is 0 Å². The average molecular weight is 448 g/mol. The van der Waals surface area contributed by atoms with E-state index in [9.17, 15) is 10.2 Å². The van der Waals surface area contributed by atoms with Gasteiger partial charge in [-0.25, -0.2) is 4.98 Å². The summed E-state index contributed by atoms with van der Waals surface area (Å²) in [5, 5.41) is 21.9. The lowest BCUT2D eigenvalue weighted by molar-refractivity contribution is -0.0713. The highest BCUT2D eigenvalue weighted by atomic mass is 16.5. The Morgan fingerprint density at radius 2 is 1.94 bits per heavy atom. The molecule has 33 heavy (non-hydrogen) atoms. The first-order valence-corrected chi connectivity index (χ1v) is 12.1. The van der Waals surface area contributed by atoms with Gasteiger partial charge in [0.05, 0.1) is 11.7 Å². The number of nitrogens with zero attached hydrogens (tertiary/aromatic N) is 3. The van der Waals surface area contributed by atoms with Crippen molar-refractivity contribution in [3.63, 3.8) is 0 Å². The van der Waals surface area contributed by atoms with Crippen LogP contribution in [0.4, 0.5) is 5.82 Å². The minimum Gasteiger partial charge on any atom is -0.388 e. The van der Waals surface area contributed by atoms with E-state index in [0.29, 0.717) is 26.2 Å². The van der Waals surface area contributed by atoms with E-state index in [0.717, 1.165) is 49.3 Å². The molecule has 5 heterocycles. The van der Waals surface area contributed by atoms with Crippen LogP contribution in [0.3, 0.4) is 0 Å². The number of hydrogen-bond donors (Lipinski definition) is 2. The van der Waals surface area contributed by atoms with E-state index in [2.05, 4.69) is 33.8 Å². The SMILES string of the molecule is CCO[C@@H]1CN(c2nccc(Cc3ccccc3)c2C#CC2(O)CN3CCC2CC3)C[C@H]1O. The number of anilines is 1. The van der Waals surface area contributed by atoms with Crippen LogP contribution < -0.4 is 4.90 Å². The normalized spacial score (nSPS) is 30.8. The molecule has 4 fully saturated rings. The van der Waals surface area contributed by atoms with Crippen LogP contribution in [0, 0.1) is 17.8 Å². The first-order chi connectivity index (χ1) is 16.1. The van der Waals surface area contributed by atoms with E-state index in [-0.39, 0.29) is 12.0 Å². The minimum atomic E-state index is -0.980. The molecule has 6 rings (SSSR count). The molecule has 4 saturated heterocycles.